The molecule has 2 saturated heterocycles. The summed E-state index contributed by atoms with van der Waals surface area (Å²) in [6.45, 7) is 5.72. The molecular formula is C16H20N4O2S. The SMILES string of the molecule is Cc1nc(N2CCN(C(=O)C3CCCO3)CC2)c2sccc2n1. The number of ether oxygens (including phenoxy) is 1. The van der Waals surface area contributed by atoms with Gasteiger partial charge in [0.05, 0.1) is 10.2 Å². The lowest BCUT2D eigenvalue weighted by molar-refractivity contribution is -0.141. The second-order valence-corrected chi connectivity index (χ2v) is 6.96. The Kier molecular flexibility index (Phi) is 3.90. The van der Waals surface area contributed by atoms with Gasteiger partial charge < -0.3 is 14.5 Å². The van der Waals surface area contributed by atoms with E-state index in [1.807, 2.05) is 17.9 Å². The van der Waals surface area contributed by atoms with Gasteiger partial charge in [0.15, 0.2) is 0 Å². The van der Waals surface area contributed by atoms with Gasteiger partial charge >= 0.3 is 0 Å². The zero-order valence-electron chi connectivity index (χ0n) is 13.2. The summed E-state index contributed by atoms with van der Waals surface area (Å²) in [4.78, 5) is 25.8. The third-order valence-corrected chi connectivity index (χ3v) is 5.39. The van der Waals surface area contributed by atoms with Gasteiger partial charge in [0.1, 0.15) is 17.7 Å². The Morgan fingerprint density at radius 2 is 2.13 bits per heavy atom. The van der Waals surface area contributed by atoms with Crippen molar-refractivity contribution in [3.05, 3.63) is 17.3 Å². The average Bonchev–Trinajstić information content (AvgIpc) is 3.25. The van der Waals surface area contributed by atoms with E-state index < -0.39 is 0 Å². The lowest BCUT2D eigenvalue weighted by Crippen LogP contribution is -2.51. The van der Waals surface area contributed by atoms with Crippen molar-refractivity contribution in [2.75, 3.05) is 37.7 Å². The van der Waals surface area contributed by atoms with E-state index in [0.717, 1.165) is 60.9 Å². The molecular weight excluding hydrogens is 312 g/mol. The van der Waals surface area contributed by atoms with Gasteiger partial charge in [-0.05, 0) is 31.2 Å². The Morgan fingerprint density at radius 3 is 2.87 bits per heavy atom. The molecule has 1 unspecified atom stereocenters. The minimum absolute atomic E-state index is 0.155. The van der Waals surface area contributed by atoms with Gasteiger partial charge in [0.25, 0.3) is 5.91 Å². The van der Waals surface area contributed by atoms with Crippen LogP contribution in [0.2, 0.25) is 0 Å². The molecule has 122 valence electrons. The predicted octanol–water partition coefficient (Wildman–Crippen LogP) is 1.83. The number of anilines is 1. The van der Waals surface area contributed by atoms with E-state index in [9.17, 15) is 4.79 Å². The lowest BCUT2D eigenvalue weighted by Gasteiger charge is -2.36. The highest BCUT2D eigenvalue weighted by molar-refractivity contribution is 7.17. The van der Waals surface area contributed by atoms with Gasteiger partial charge in [-0.2, -0.15) is 0 Å². The fourth-order valence-electron chi connectivity index (χ4n) is 3.29. The minimum Gasteiger partial charge on any atom is -0.368 e. The first-order valence-corrected chi connectivity index (χ1v) is 8.97. The largest absolute Gasteiger partial charge is 0.368 e. The van der Waals surface area contributed by atoms with Gasteiger partial charge in [0, 0.05) is 32.8 Å². The monoisotopic (exact) mass is 332 g/mol. The standard InChI is InChI=1S/C16H20N4O2S/c1-11-17-12-4-10-23-14(12)15(18-11)19-5-7-20(8-6-19)16(21)13-3-2-9-22-13/h4,10,13H,2-3,5-9H2,1H3. The molecule has 2 aliphatic rings. The van der Waals surface area contributed by atoms with E-state index in [1.54, 1.807) is 11.3 Å². The van der Waals surface area contributed by atoms with Gasteiger partial charge in [-0.25, -0.2) is 9.97 Å². The number of piperazine rings is 1. The van der Waals surface area contributed by atoms with Gasteiger partial charge in [-0.3, -0.25) is 4.79 Å². The second kappa shape index (κ2) is 6.05. The molecule has 23 heavy (non-hydrogen) atoms. The van der Waals surface area contributed by atoms with Crippen LogP contribution >= 0.6 is 11.3 Å². The Hall–Kier alpha value is -1.73. The third-order valence-electron chi connectivity index (χ3n) is 4.49. The summed E-state index contributed by atoms with van der Waals surface area (Å²) in [6.07, 6.45) is 1.64. The smallest absolute Gasteiger partial charge is 0.251 e. The van der Waals surface area contributed by atoms with Crippen molar-refractivity contribution in [2.45, 2.75) is 25.9 Å². The van der Waals surface area contributed by atoms with Crippen LogP contribution in [0.4, 0.5) is 5.82 Å². The summed E-state index contributed by atoms with van der Waals surface area (Å²) < 4.78 is 6.65. The molecule has 0 saturated carbocycles. The number of hydrogen-bond acceptors (Lipinski definition) is 6. The van der Waals surface area contributed by atoms with Crippen LogP contribution in [0, 0.1) is 6.92 Å². The van der Waals surface area contributed by atoms with Crippen LogP contribution in [0.5, 0.6) is 0 Å². The van der Waals surface area contributed by atoms with Crippen LogP contribution in [0.3, 0.4) is 0 Å². The minimum atomic E-state index is -0.216. The van der Waals surface area contributed by atoms with Crippen LogP contribution in [-0.4, -0.2) is 59.7 Å². The fraction of sp³-hybridized carbons (Fsp3) is 0.562. The summed E-state index contributed by atoms with van der Waals surface area (Å²) in [5, 5.41) is 2.06. The van der Waals surface area contributed by atoms with E-state index in [1.165, 1.54) is 0 Å². The number of hydrogen-bond donors (Lipinski definition) is 0. The fourth-order valence-corrected chi connectivity index (χ4v) is 4.14. The Bertz CT molecular complexity index is 718. The number of thiophene rings is 1. The first-order chi connectivity index (χ1) is 11.2. The van der Waals surface area contributed by atoms with E-state index in [2.05, 4.69) is 20.2 Å². The Morgan fingerprint density at radius 1 is 1.30 bits per heavy atom. The van der Waals surface area contributed by atoms with Crippen molar-refractivity contribution >= 4 is 33.3 Å². The number of fused-ring (bicyclic) bond motifs is 1. The first-order valence-electron chi connectivity index (χ1n) is 8.09. The molecule has 1 amide bonds. The summed E-state index contributed by atoms with van der Waals surface area (Å²) in [5.41, 5.74) is 1.01. The number of aryl methyl sites for hydroxylation is 1. The molecule has 4 rings (SSSR count). The first kappa shape index (κ1) is 14.8. The highest BCUT2D eigenvalue weighted by atomic mass is 32.1. The molecule has 0 aliphatic carbocycles. The number of aromatic nitrogens is 2. The predicted molar refractivity (Wildman–Crippen MR) is 89.9 cm³/mol. The lowest BCUT2D eigenvalue weighted by atomic mass is 10.2. The van der Waals surface area contributed by atoms with Crippen molar-refractivity contribution in [1.82, 2.24) is 14.9 Å². The maximum absolute atomic E-state index is 12.4. The topological polar surface area (TPSA) is 58.6 Å². The van der Waals surface area contributed by atoms with E-state index in [-0.39, 0.29) is 12.0 Å². The Labute approximate surface area is 139 Å². The molecule has 4 heterocycles. The molecule has 0 N–H and O–H groups in total. The number of amides is 1. The molecule has 2 aromatic rings. The van der Waals surface area contributed by atoms with Gasteiger partial charge in [0.2, 0.25) is 0 Å². The van der Waals surface area contributed by atoms with Crippen LogP contribution in [0.15, 0.2) is 11.4 Å². The highest BCUT2D eigenvalue weighted by Crippen LogP contribution is 2.29. The highest BCUT2D eigenvalue weighted by Gasteiger charge is 2.31. The van der Waals surface area contributed by atoms with Crippen molar-refractivity contribution in [3.63, 3.8) is 0 Å². The number of nitrogens with zero attached hydrogens (tertiary/aromatic N) is 4. The summed E-state index contributed by atoms with van der Waals surface area (Å²) in [6, 6.07) is 2.04. The molecule has 6 nitrogen and oxygen atoms in total. The third kappa shape index (κ3) is 2.79. The normalized spacial score (nSPS) is 22.0. The summed E-state index contributed by atoms with van der Waals surface area (Å²) in [7, 11) is 0. The van der Waals surface area contributed by atoms with E-state index >= 15 is 0 Å². The summed E-state index contributed by atoms with van der Waals surface area (Å²) >= 11 is 1.68. The second-order valence-electron chi connectivity index (χ2n) is 6.04. The van der Waals surface area contributed by atoms with Crippen molar-refractivity contribution < 1.29 is 9.53 Å². The van der Waals surface area contributed by atoms with Crippen molar-refractivity contribution in [3.8, 4) is 0 Å². The number of carbonyl (C=O) groups excluding carboxylic acids is 1. The van der Waals surface area contributed by atoms with E-state index in [4.69, 9.17) is 4.74 Å². The van der Waals surface area contributed by atoms with Gasteiger partial charge in [-0.15, -0.1) is 11.3 Å². The quantitative estimate of drug-likeness (QED) is 0.840. The molecule has 2 aliphatic heterocycles. The molecule has 7 heteroatoms. The maximum Gasteiger partial charge on any atom is 0.251 e. The maximum atomic E-state index is 12.4. The molecule has 0 aromatic carbocycles. The van der Waals surface area contributed by atoms with Crippen molar-refractivity contribution in [2.24, 2.45) is 0 Å². The zero-order valence-corrected chi connectivity index (χ0v) is 14.0. The molecule has 2 fully saturated rings. The van der Waals surface area contributed by atoms with Crippen molar-refractivity contribution in [1.29, 1.82) is 0 Å². The van der Waals surface area contributed by atoms with Crippen LogP contribution < -0.4 is 4.90 Å². The number of rotatable bonds is 2. The molecule has 2 aromatic heterocycles. The van der Waals surface area contributed by atoms with E-state index in [0.29, 0.717) is 6.61 Å². The molecule has 0 bridgehead atoms. The Balaban J connectivity index is 1.48. The van der Waals surface area contributed by atoms with Crippen LogP contribution in [-0.2, 0) is 9.53 Å². The number of carbonyl (C=O) groups is 1. The van der Waals surface area contributed by atoms with Gasteiger partial charge in [-0.1, -0.05) is 0 Å². The van der Waals surface area contributed by atoms with Crippen LogP contribution in [0.1, 0.15) is 18.7 Å². The average molecular weight is 332 g/mol. The molecule has 0 radical (unpaired) electrons. The zero-order chi connectivity index (χ0) is 15.8. The molecule has 1 atom stereocenters. The molecule has 0 spiro atoms. The summed E-state index contributed by atoms with van der Waals surface area (Å²) in [5.74, 6) is 1.96. The van der Waals surface area contributed by atoms with Crippen LogP contribution in [0.25, 0.3) is 10.2 Å².